The summed E-state index contributed by atoms with van der Waals surface area (Å²) in [6, 6.07) is 18.1. The average Bonchev–Trinajstić information content (AvgIpc) is 2.63. The molecule has 1 aliphatic rings. The lowest BCUT2D eigenvalue weighted by Crippen LogP contribution is -2.48. The van der Waals surface area contributed by atoms with E-state index in [0.29, 0.717) is 18.0 Å². The molecule has 0 aliphatic carbocycles. The van der Waals surface area contributed by atoms with E-state index in [2.05, 4.69) is 34.5 Å². The van der Waals surface area contributed by atoms with Gasteiger partial charge in [-0.25, -0.2) is 0 Å². The molecular weight excluding hydrogens is 334 g/mol. The first-order valence-corrected chi connectivity index (χ1v) is 9.12. The van der Waals surface area contributed by atoms with E-state index in [9.17, 15) is 4.79 Å². The minimum absolute atomic E-state index is 0.217. The number of anilines is 1. The topological polar surface area (TPSA) is 35.6 Å². The SMILES string of the molecule is O=C(CCNc1cccc(Cl)c1)N1CCN(Cc2ccccc2)CC1. The second-order valence-corrected chi connectivity index (χ2v) is 6.77. The van der Waals surface area contributed by atoms with E-state index in [0.717, 1.165) is 38.4 Å². The highest BCUT2D eigenvalue weighted by molar-refractivity contribution is 6.30. The summed E-state index contributed by atoms with van der Waals surface area (Å²) in [6.45, 7) is 5.07. The van der Waals surface area contributed by atoms with Crippen molar-refractivity contribution in [3.05, 3.63) is 65.2 Å². The van der Waals surface area contributed by atoms with Gasteiger partial charge in [0.1, 0.15) is 0 Å². The molecule has 25 heavy (non-hydrogen) atoms. The Labute approximate surface area is 154 Å². The van der Waals surface area contributed by atoms with Crippen molar-refractivity contribution in [2.24, 2.45) is 0 Å². The maximum absolute atomic E-state index is 12.4. The summed E-state index contributed by atoms with van der Waals surface area (Å²) in [5, 5.41) is 3.95. The van der Waals surface area contributed by atoms with Crippen molar-refractivity contribution in [3.8, 4) is 0 Å². The monoisotopic (exact) mass is 357 g/mol. The first-order valence-electron chi connectivity index (χ1n) is 8.74. The third kappa shape index (κ3) is 5.48. The van der Waals surface area contributed by atoms with Crippen LogP contribution in [0.4, 0.5) is 5.69 Å². The number of hydrogen-bond acceptors (Lipinski definition) is 3. The van der Waals surface area contributed by atoms with Crippen LogP contribution in [0.3, 0.4) is 0 Å². The Morgan fingerprint density at radius 2 is 1.76 bits per heavy atom. The molecule has 1 aliphatic heterocycles. The molecular formula is C20H24ClN3O. The molecule has 1 saturated heterocycles. The fraction of sp³-hybridized carbons (Fsp3) is 0.350. The van der Waals surface area contributed by atoms with Crippen molar-refractivity contribution in [1.82, 2.24) is 9.80 Å². The van der Waals surface area contributed by atoms with Gasteiger partial charge in [-0.05, 0) is 23.8 Å². The lowest BCUT2D eigenvalue weighted by molar-refractivity contribution is -0.132. The Hall–Kier alpha value is -2.04. The predicted molar refractivity (Wildman–Crippen MR) is 103 cm³/mol. The number of carbonyl (C=O) groups excluding carboxylic acids is 1. The third-order valence-electron chi connectivity index (χ3n) is 4.47. The van der Waals surface area contributed by atoms with Crippen LogP contribution in [0, 0.1) is 0 Å². The highest BCUT2D eigenvalue weighted by Crippen LogP contribution is 2.15. The third-order valence-corrected chi connectivity index (χ3v) is 4.70. The maximum atomic E-state index is 12.4. The molecule has 132 valence electrons. The molecule has 5 heteroatoms. The lowest BCUT2D eigenvalue weighted by atomic mass is 10.2. The van der Waals surface area contributed by atoms with E-state index >= 15 is 0 Å². The number of carbonyl (C=O) groups is 1. The smallest absolute Gasteiger partial charge is 0.224 e. The Morgan fingerprint density at radius 3 is 2.48 bits per heavy atom. The molecule has 4 nitrogen and oxygen atoms in total. The Morgan fingerprint density at radius 1 is 1.00 bits per heavy atom. The van der Waals surface area contributed by atoms with Gasteiger partial charge in [-0.1, -0.05) is 48.0 Å². The summed E-state index contributed by atoms with van der Waals surface area (Å²) in [6.07, 6.45) is 0.505. The van der Waals surface area contributed by atoms with Crippen LogP contribution >= 0.6 is 11.6 Å². The molecule has 1 N–H and O–H groups in total. The van der Waals surface area contributed by atoms with Gasteiger partial charge in [0, 0.05) is 56.4 Å². The van der Waals surface area contributed by atoms with Crippen molar-refractivity contribution in [3.63, 3.8) is 0 Å². The molecule has 0 radical (unpaired) electrons. The summed E-state index contributed by atoms with van der Waals surface area (Å²) in [4.78, 5) is 16.7. The quantitative estimate of drug-likeness (QED) is 0.859. The first-order chi connectivity index (χ1) is 12.2. The van der Waals surface area contributed by atoms with E-state index in [1.165, 1.54) is 5.56 Å². The number of nitrogens with one attached hydrogen (secondary N) is 1. The number of amides is 1. The number of rotatable bonds is 6. The van der Waals surface area contributed by atoms with Gasteiger partial charge >= 0.3 is 0 Å². The van der Waals surface area contributed by atoms with Gasteiger partial charge in [-0.3, -0.25) is 9.69 Å². The van der Waals surface area contributed by atoms with E-state index in [1.54, 1.807) is 0 Å². The zero-order valence-electron chi connectivity index (χ0n) is 14.3. The molecule has 0 spiro atoms. The van der Waals surface area contributed by atoms with E-state index in [-0.39, 0.29) is 5.91 Å². The van der Waals surface area contributed by atoms with E-state index in [4.69, 9.17) is 11.6 Å². The second-order valence-electron chi connectivity index (χ2n) is 6.33. The van der Waals surface area contributed by atoms with Crippen LogP contribution in [0.1, 0.15) is 12.0 Å². The average molecular weight is 358 g/mol. The van der Waals surface area contributed by atoms with Crippen molar-refractivity contribution in [2.45, 2.75) is 13.0 Å². The van der Waals surface area contributed by atoms with Crippen LogP contribution in [0.15, 0.2) is 54.6 Å². The molecule has 0 aromatic heterocycles. The molecule has 2 aromatic carbocycles. The Bertz CT molecular complexity index is 684. The molecule has 1 fully saturated rings. The Balaban J connectivity index is 1.38. The van der Waals surface area contributed by atoms with Crippen molar-refractivity contribution in [1.29, 1.82) is 0 Å². The molecule has 1 amide bonds. The zero-order chi connectivity index (χ0) is 17.5. The molecule has 0 saturated carbocycles. The van der Waals surface area contributed by atoms with Crippen LogP contribution in [-0.4, -0.2) is 48.4 Å². The number of benzene rings is 2. The van der Waals surface area contributed by atoms with E-state index in [1.807, 2.05) is 35.2 Å². The normalized spacial score (nSPS) is 15.2. The van der Waals surface area contributed by atoms with Crippen molar-refractivity contribution < 1.29 is 4.79 Å². The highest BCUT2D eigenvalue weighted by atomic mass is 35.5. The molecule has 3 rings (SSSR count). The summed E-state index contributed by atoms with van der Waals surface area (Å²) < 4.78 is 0. The second kappa shape index (κ2) is 8.88. The van der Waals surface area contributed by atoms with Crippen molar-refractivity contribution >= 4 is 23.2 Å². The number of halogens is 1. The molecule has 2 aromatic rings. The van der Waals surface area contributed by atoms with Gasteiger partial charge in [0.15, 0.2) is 0 Å². The summed E-state index contributed by atoms with van der Waals surface area (Å²) in [5.74, 6) is 0.217. The van der Waals surface area contributed by atoms with Gasteiger partial charge < -0.3 is 10.2 Å². The van der Waals surface area contributed by atoms with Gasteiger partial charge in [-0.15, -0.1) is 0 Å². The zero-order valence-corrected chi connectivity index (χ0v) is 15.1. The largest absolute Gasteiger partial charge is 0.384 e. The van der Waals surface area contributed by atoms with Gasteiger partial charge in [0.2, 0.25) is 5.91 Å². The number of piperazine rings is 1. The minimum atomic E-state index is 0.217. The summed E-state index contributed by atoms with van der Waals surface area (Å²) >= 11 is 5.96. The van der Waals surface area contributed by atoms with Crippen LogP contribution in [0.25, 0.3) is 0 Å². The van der Waals surface area contributed by atoms with Crippen LogP contribution in [0.2, 0.25) is 5.02 Å². The molecule has 0 bridgehead atoms. The molecule has 0 unspecified atom stereocenters. The minimum Gasteiger partial charge on any atom is -0.384 e. The van der Waals surface area contributed by atoms with Gasteiger partial charge in [0.25, 0.3) is 0 Å². The Kier molecular flexibility index (Phi) is 6.31. The number of hydrogen-bond donors (Lipinski definition) is 1. The van der Waals surface area contributed by atoms with Gasteiger partial charge in [-0.2, -0.15) is 0 Å². The van der Waals surface area contributed by atoms with Gasteiger partial charge in [0.05, 0.1) is 0 Å². The highest BCUT2D eigenvalue weighted by Gasteiger charge is 2.20. The van der Waals surface area contributed by atoms with Crippen LogP contribution in [-0.2, 0) is 11.3 Å². The summed E-state index contributed by atoms with van der Waals surface area (Å²) in [7, 11) is 0. The fourth-order valence-electron chi connectivity index (χ4n) is 3.07. The number of nitrogens with zero attached hydrogens (tertiary/aromatic N) is 2. The first kappa shape index (κ1) is 17.8. The maximum Gasteiger partial charge on any atom is 0.224 e. The van der Waals surface area contributed by atoms with Crippen LogP contribution in [0.5, 0.6) is 0 Å². The lowest BCUT2D eigenvalue weighted by Gasteiger charge is -2.34. The molecule has 1 heterocycles. The predicted octanol–water partition coefficient (Wildman–Crippen LogP) is 3.49. The summed E-state index contributed by atoms with van der Waals surface area (Å²) in [5.41, 5.74) is 2.28. The van der Waals surface area contributed by atoms with Crippen molar-refractivity contribution in [2.75, 3.05) is 38.0 Å². The fourth-order valence-corrected chi connectivity index (χ4v) is 3.26. The standard InChI is InChI=1S/C20H24ClN3O/c21-18-7-4-8-19(15-18)22-10-9-20(25)24-13-11-23(12-14-24)16-17-5-2-1-3-6-17/h1-8,15,22H,9-14,16H2. The molecule has 0 atom stereocenters. The van der Waals surface area contributed by atoms with E-state index < -0.39 is 0 Å². The van der Waals surface area contributed by atoms with Crippen LogP contribution < -0.4 is 5.32 Å².